The van der Waals surface area contributed by atoms with Gasteiger partial charge in [-0.05, 0) is 93.8 Å². The normalized spacial score (nSPS) is 20.8. The molecule has 7 rings (SSSR count). The van der Waals surface area contributed by atoms with E-state index in [-0.39, 0.29) is 54.2 Å². The first-order valence-electron chi connectivity index (χ1n) is 22.7. The number of nitrogen functional groups attached to an aromatic ring is 1. The molecule has 0 aliphatic carbocycles. The number of carbonyl (C=O) groups excluding carboxylic acids is 4. The smallest absolute Gasteiger partial charge is 0.418 e. The Labute approximate surface area is 373 Å². The van der Waals surface area contributed by atoms with Crippen molar-refractivity contribution in [3.05, 3.63) is 58.1 Å². The zero-order chi connectivity index (χ0) is 44.5. The fraction of sp³-hybridized carbons (Fsp3) is 0.644. The molecule has 14 nitrogen and oxygen atoms in total. The summed E-state index contributed by atoms with van der Waals surface area (Å²) in [4.78, 5) is 65.6. The maximum absolute atomic E-state index is 14.2. The van der Waals surface area contributed by atoms with Gasteiger partial charge in [-0.25, -0.2) is 9.59 Å². The van der Waals surface area contributed by atoms with Crippen LogP contribution in [-0.2, 0) is 38.1 Å². The number of rotatable bonds is 13. The molecule has 4 amide bonds. The number of urea groups is 1. The van der Waals surface area contributed by atoms with Crippen molar-refractivity contribution in [3.63, 3.8) is 0 Å². The maximum Gasteiger partial charge on any atom is 0.418 e. The number of nitrogens with one attached hydrogen (secondary N) is 1. The zero-order valence-electron chi connectivity index (χ0n) is 36.1. The summed E-state index contributed by atoms with van der Waals surface area (Å²) in [6, 6.07) is 9.74. The number of amides is 4. The summed E-state index contributed by atoms with van der Waals surface area (Å²) in [5.74, 6) is -0.644. The van der Waals surface area contributed by atoms with Gasteiger partial charge in [0.15, 0.2) is 6.10 Å². The molecule has 5 aliphatic rings. The molecule has 2 aromatic carbocycles. The summed E-state index contributed by atoms with van der Waals surface area (Å²) in [6.45, 7) is 9.51. The molecule has 4 saturated heterocycles. The second-order valence-electron chi connectivity index (χ2n) is 17.5. The Morgan fingerprint density at radius 2 is 1.49 bits per heavy atom. The Bertz CT molecular complexity index is 1900. The Kier molecular flexibility index (Phi) is 16.0. The average molecular weight is 903 g/mol. The minimum atomic E-state index is -4.79. The third kappa shape index (κ3) is 12.5. The molecular formula is C45H62ClF3N8O6. The molecule has 0 saturated carbocycles. The van der Waals surface area contributed by atoms with E-state index in [1.54, 1.807) is 9.80 Å². The van der Waals surface area contributed by atoms with Crippen LogP contribution in [0.2, 0.25) is 5.02 Å². The van der Waals surface area contributed by atoms with E-state index < -0.39 is 35.5 Å². The molecule has 346 valence electrons. The number of benzene rings is 2. The number of piperidine rings is 3. The first kappa shape index (κ1) is 46.7. The topological polar surface area (TPSA) is 144 Å². The lowest BCUT2D eigenvalue weighted by Gasteiger charge is -2.43. The summed E-state index contributed by atoms with van der Waals surface area (Å²) in [6.07, 6.45) is 0.794. The second-order valence-corrected chi connectivity index (χ2v) is 17.9. The minimum Gasteiger partial charge on any atom is -0.466 e. The van der Waals surface area contributed by atoms with Gasteiger partial charge in [0, 0.05) is 96.2 Å². The number of likely N-dealkylation sites (tertiary alicyclic amines) is 3. The van der Waals surface area contributed by atoms with E-state index in [4.69, 9.17) is 26.8 Å². The highest BCUT2D eigenvalue weighted by Crippen LogP contribution is 2.38. The molecular weight excluding hydrogens is 841 g/mol. The van der Waals surface area contributed by atoms with Gasteiger partial charge in [-0.2, -0.15) is 13.2 Å². The van der Waals surface area contributed by atoms with Crippen LogP contribution < -0.4 is 11.1 Å². The number of ether oxygens (including phenoxy) is 2. The van der Waals surface area contributed by atoms with Gasteiger partial charge >= 0.3 is 24.3 Å². The Balaban J connectivity index is 0.899. The van der Waals surface area contributed by atoms with Crippen molar-refractivity contribution in [2.75, 3.05) is 103 Å². The van der Waals surface area contributed by atoms with Crippen LogP contribution in [0.1, 0.15) is 74.5 Å². The van der Waals surface area contributed by atoms with Crippen LogP contribution in [0.4, 0.5) is 34.1 Å². The molecule has 5 aliphatic heterocycles. The van der Waals surface area contributed by atoms with Crippen molar-refractivity contribution in [1.29, 1.82) is 0 Å². The number of nitrogens with zero attached hydrogens (tertiary/aromatic N) is 6. The van der Waals surface area contributed by atoms with Gasteiger partial charge in [0.25, 0.3) is 5.91 Å². The van der Waals surface area contributed by atoms with Crippen molar-refractivity contribution in [3.8, 4) is 0 Å². The van der Waals surface area contributed by atoms with E-state index in [9.17, 15) is 32.3 Å². The number of hydrogen-bond donors (Lipinski definition) is 2. The van der Waals surface area contributed by atoms with E-state index >= 15 is 0 Å². The van der Waals surface area contributed by atoms with Gasteiger partial charge in [0.05, 0.1) is 29.3 Å². The fourth-order valence-corrected chi connectivity index (χ4v) is 9.94. The van der Waals surface area contributed by atoms with Crippen molar-refractivity contribution in [1.82, 2.24) is 29.4 Å². The molecule has 5 heterocycles. The number of hydrogen-bond acceptors (Lipinski definition) is 10. The fourth-order valence-electron chi connectivity index (χ4n) is 9.70. The summed E-state index contributed by atoms with van der Waals surface area (Å²) in [7, 11) is 0. The number of piperazine rings is 1. The van der Waals surface area contributed by atoms with E-state index in [1.807, 2.05) is 24.3 Å². The molecule has 0 aromatic heterocycles. The quantitative estimate of drug-likeness (QED) is 0.141. The Morgan fingerprint density at radius 3 is 2.21 bits per heavy atom. The molecule has 63 heavy (non-hydrogen) atoms. The van der Waals surface area contributed by atoms with E-state index in [2.05, 4.69) is 20.0 Å². The van der Waals surface area contributed by atoms with Crippen molar-refractivity contribution in [2.45, 2.75) is 95.0 Å². The van der Waals surface area contributed by atoms with E-state index in [0.717, 1.165) is 69.6 Å². The molecule has 3 N–H and O–H groups in total. The van der Waals surface area contributed by atoms with Crippen LogP contribution in [0, 0.1) is 0 Å². The minimum absolute atomic E-state index is 0.0634. The van der Waals surface area contributed by atoms with Crippen LogP contribution in [0.5, 0.6) is 0 Å². The van der Waals surface area contributed by atoms with Gasteiger partial charge < -0.3 is 45.0 Å². The number of fused-ring (bicyclic) bond motifs is 1. The summed E-state index contributed by atoms with van der Waals surface area (Å²) < 4.78 is 53.3. The van der Waals surface area contributed by atoms with Crippen LogP contribution >= 0.6 is 11.6 Å². The number of nitrogens with two attached hydrogens (primary N) is 1. The lowest BCUT2D eigenvalue weighted by Crippen LogP contribution is -2.55. The number of carbonyl (C=O) groups is 4. The van der Waals surface area contributed by atoms with Gasteiger partial charge in [-0.15, -0.1) is 0 Å². The molecule has 0 unspecified atom stereocenters. The Hall–Kier alpha value is -4.32. The average Bonchev–Trinajstić information content (AvgIpc) is 3.46. The molecule has 0 radical (unpaired) electrons. The van der Waals surface area contributed by atoms with E-state index in [0.29, 0.717) is 71.3 Å². The predicted octanol–water partition coefficient (Wildman–Crippen LogP) is 5.96. The highest BCUT2D eigenvalue weighted by molar-refractivity contribution is 6.33. The number of anilines is 2. The molecule has 18 heteroatoms. The first-order chi connectivity index (χ1) is 30.3. The summed E-state index contributed by atoms with van der Waals surface area (Å²) in [5, 5.41) is 2.69. The molecule has 2 aromatic rings. The standard InChI is InChI=1S/C45H62ClF3N8O6/c46-37-30-32(29-36(41(37)50)45(47,48)49)31-39(63-44(61)56-21-12-35(13-22-56)57-23-9-33-7-2-3-8-38(33)51-43(57)60)42(59)55-19-10-34(11-20-55)54-26-24-53(25-27-54)18-14-40(58)62-28-6-17-52-15-4-1-5-16-52/h2-3,7-8,29-30,34-35,39H,1,4-6,9-28,31,50H2,(H,51,60)/t39-/m1/s1. The SMILES string of the molecule is Nc1c(Cl)cc(C[C@@H](OC(=O)N2CCC(N3CCc4ccccc4NC3=O)CC2)C(=O)N2CCC(N3CCN(CCC(=O)OCCCN4CCCCC4)CC3)CC2)cc1C(F)(F)F. The number of halogens is 4. The van der Waals surface area contributed by atoms with Crippen molar-refractivity contribution in [2.24, 2.45) is 0 Å². The summed E-state index contributed by atoms with van der Waals surface area (Å²) in [5.41, 5.74) is 5.87. The van der Waals surface area contributed by atoms with E-state index in [1.165, 1.54) is 30.2 Å². The van der Waals surface area contributed by atoms with Crippen molar-refractivity contribution < 1.29 is 41.8 Å². The van der Waals surface area contributed by atoms with Crippen LogP contribution in [0.3, 0.4) is 0 Å². The molecule has 0 bridgehead atoms. The van der Waals surface area contributed by atoms with Crippen LogP contribution in [0.25, 0.3) is 0 Å². The third-order valence-electron chi connectivity index (χ3n) is 13.4. The van der Waals surface area contributed by atoms with Crippen LogP contribution in [-0.4, -0.2) is 163 Å². The number of alkyl halides is 3. The largest absolute Gasteiger partial charge is 0.466 e. The van der Waals surface area contributed by atoms with Gasteiger partial charge in [-0.1, -0.05) is 36.2 Å². The lowest BCUT2D eigenvalue weighted by molar-refractivity contribution is -0.145. The second kappa shape index (κ2) is 21.6. The predicted molar refractivity (Wildman–Crippen MR) is 233 cm³/mol. The highest BCUT2D eigenvalue weighted by Gasteiger charge is 2.38. The van der Waals surface area contributed by atoms with Gasteiger partial charge in [0.1, 0.15) is 0 Å². The van der Waals surface area contributed by atoms with Crippen LogP contribution in [0.15, 0.2) is 36.4 Å². The lowest BCUT2D eigenvalue weighted by atomic mass is 9.99. The van der Waals surface area contributed by atoms with Crippen molar-refractivity contribution >= 4 is 47.0 Å². The molecule has 4 fully saturated rings. The number of esters is 1. The van der Waals surface area contributed by atoms with Gasteiger partial charge in [0.2, 0.25) is 0 Å². The maximum atomic E-state index is 14.2. The van der Waals surface area contributed by atoms with Gasteiger partial charge in [-0.3, -0.25) is 14.5 Å². The third-order valence-corrected chi connectivity index (χ3v) is 13.7. The zero-order valence-corrected chi connectivity index (χ0v) is 36.9. The number of para-hydroxylation sites is 1. The highest BCUT2D eigenvalue weighted by atomic mass is 35.5. The first-order valence-corrected chi connectivity index (χ1v) is 23.1. The monoisotopic (exact) mass is 902 g/mol. The molecule has 0 spiro atoms. The summed E-state index contributed by atoms with van der Waals surface area (Å²) >= 11 is 6.17. The Morgan fingerprint density at radius 1 is 0.825 bits per heavy atom. The molecule has 1 atom stereocenters.